The van der Waals surface area contributed by atoms with Crippen molar-refractivity contribution in [2.45, 2.75) is 71.5 Å². The van der Waals surface area contributed by atoms with Gasteiger partial charge in [0, 0.05) is 27.6 Å². The lowest BCUT2D eigenvalue weighted by atomic mass is 9.64. The molecular formula is C26H28N2O2S2. The average Bonchev–Trinajstić information content (AvgIpc) is 2.80. The molecule has 5 rings (SSSR count). The third kappa shape index (κ3) is 3.78. The second-order valence-corrected chi connectivity index (χ2v) is 11.7. The number of aromatic nitrogens is 1. The van der Waals surface area contributed by atoms with Crippen LogP contribution in [0, 0.1) is 0 Å². The molecule has 1 fully saturated rings. The molecular weight excluding hydrogens is 436 g/mol. The summed E-state index contributed by atoms with van der Waals surface area (Å²) >= 11 is 1.67. The molecule has 1 saturated carbocycles. The first-order valence-corrected chi connectivity index (χ1v) is 13.6. The SMILES string of the molecule is CC(Cc1cc2c(cc1S(N)(=O)=O)Sc1ccccc1C21CCCCC1)c1cccnc1. The van der Waals surface area contributed by atoms with Crippen molar-refractivity contribution in [3.8, 4) is 0 Å². The highest BCUT2D eigenvalue weighted by Crippen LogP contribution is 2.56. The van der Waals surface area contributed by atoms with Gasteiger partial charge in [0.2, 0.25) is 10.0 Å². The van der Waals surface area contributed by atoms with E-state index in [0.29, 0.717) is 6.42 Å². The maximum atomic E-state index is 12.6. The van der Waals surface area contributed by atoms with E-state index in [0.717, 1.165) is 28.9 Å². The normalized spacial score (nSPS) is 18.1. The first-order valence-electron chi connectivity index (χ1n) is 11.3. The van der Waals surface area contributed by atoms with E-state index in [4.69, 9.17) is 5.14 Å². The second-order valence-electron chi connectivity index (χ2n) is 9.13. The van der Waals surface area contributed by atoms with Crippen molar-refractivity contribution >= 4 is 21.8 Å². The largest absolute Gasteiger partial charge is 0.264 e. The van der Waals surface area contributed by atoms with Crippen LogP contribution in [0.25, 0.3) is 0 Å². The lowest BCUT2D eigenvalue weighted by Crippen LogP contribution is -2.34. The molecule has 166 valence electrons. The number of hydrogen-bond donors (Lipinski definition) is 1. The number of sulfonamides is 1. The van der Waals surface area contributed by atoms with Crippen LogP contribution in [0.15, 0.2) is 75.6 Å². The quantitative estimate of drug-likeness (QED) is 0.530. The van der Waals surface area contributed by atoms with E-state index >= 15 is 0 Å². The van der Waals surface area contributed by atoms with Gasteiger partial charge in [-0.2, -0.15) is 0 Å². The fourth-order valence-corrected chi connectivity index (χ4v) is 7.67. The van der Waals surface area contributed by atoms with Crippen LogP contribution in [-0.4, -0.2) is 13.4 Å². The summed E-state index contributed by atoms with van der Waals surface area (Å²) in [4.78, 5) is 6.76. The average molecular weight is 465 g/mol. The van der Waals surface area contributed by atoms with Crippen LogP contribution in [0.5, 0.6) is 0 Å². The summed E-state index contributed by atoms with van der Waals surface area (Å²) in [7, 11) is -3.84. The standard InChI is InChI=1S/C26H28N2O2S2/c1-18(19-8-7-13-28-17-19)14-20-15-22-24(16-25(20)32(27,29)30)31-23-10-4-3-9-21(23)26(22)11-5-2-6-12-26/h3-4,7-10,13,15-18H,2,5-6,11-12,14H2,1H3,(H2,27,29,30). The van der Waals surface area contributed by atoms with E-state index in [1.807, 2.05) is 24.4 Å². The first kappa shape index (κ1) is 21.7. The van der Waals surface area contributed by atoms with Crippen molar-refractivity contribution < 1.29 is 8.42 Å². The molecule has 1 unspecified atom stereocenters. The molecule has 0 amide bonds. The summed E-state index contributed by atoms with van der Waals surface area (Å²) in [5.41, 5.74) is 4.54. The molecule has 1 spiro atoms. The zero-order valence-electron chi connectivity index (χ0n) is 18.3. The van der Waals surface area contributed by atoms with Gasteiger partial charge in [0.15, 0.2) is 0 Å². The predicted molar refractivity (Wildman–Crippen MR) is 129 cm³/mol. The molecule has 0 radical (unpaired) electrons. The Morgan fingerprint density at radius 3 is 2.53 bits per heavy atom. The number of rotatable bonds is 4. The molecule has 6 heteroatoms. The van der Waals surface area contributed by atoms with Gasteiger partial charge in [0.25, 0.3) is 0 Å². The fourth-order valence-electron chi connectivity index (χ4n) is 5.51. The number of benzene rings is 2. The van der Waals surface area contributed by atoms with E-state index in [2.05, 4.69) is 42.2 Å². The highest BCUT2D eigenvalue weighted by atomic mass is 32.2. The molecule has 2 heterocycles. The fraction of sp³-hybridized carbons (Fsp3) is 0.346. The van der Waals surface area contributed by atoms with Crippen molar-refractivity contribution in [2.75, 3.05) is 0 Å². The van der Waals surface area contributed by atoms with E-state index in [1.54, 1.807) is 18.0 Å². The van der Waals surface area contributed by atoms with Crippen LogP contribution in [0.1, 0.15) is 67.2 Å². The number of fused-ring (bicyclic) bond motifs is 4. The predicted octanol–water partition coefficient (Wildman–Crippen LogP) is 5.79. The summed E-state index contributed by atoms with van der Waals surface area (Å²) in [6.07, 6.45) is 10.1. The molecule has 2 aliphatic rings. The van der Waals surface area contributed by atoms with Crippen molar-refractivity contribution in [3.05, 3.63) is 83.2 Å². The molecule has 1 atom stereocenters. The van der Waals surface area contributed by atoms with E-state index in [-0.39, 0.29) is 16.2 Å². The number of primary sulfonamides is 1. The Bertz CT molecular complexity index is 1250. The van der Waals surface area contributed by atoms with Crippen LogP contribution < -0.4 is 5.14 Å². The first-order chi connectivity index (χ1) is 15.4. The zero-order valence-corrected chi connectivity index (χ0v) is 19.9. The number of pyridine rings is 1. The van der Waals surface area contributed by atoms with Crippen LogP contribution in [-0.2, 0) is 21.9 Å². The minimum atomic E-state index is -3.84. The minimum Gasteiger partial charge on any atom is -0.264 e. The number of nitrogens with zero attached hydrogens (tertiary/aromatic N) is 1. The highest BCUT2D eigenvalue weighted by molar-refractivity contribution is 7.99. The zero-order chi connectivity index (χ0) is 22.3. The van der Waals surface area contributed by atoms with Gasteiger partial charge >= 0.3 is 0 Å². The summed E-state index contributed by atoms with van der Waals surface area (Å²) in [5, 5.41) is 5.72. The topological polar surface area (TPSA) is 73.1 Å². The summed E-state index contributed by atoms with van der Waals surface area (Å²) in [6, 6.07) is 16.6. The third-order valence-electron chi connectivity index (χ3n) is 7.09. The van der Waals surface area contributed by atoms with Gasteiger partial charge in [-0.15, -0.1) is 0 Å². The molecule has 2 aromatic carbocycles. The minimum absolute atomic E-state index is 0.0430. The Kier molecular flexibility index (Phi) is 5.64. The molecule has 1 aliphatic carbocycles. The van der Waals surface area contributed by atoms with Crippen LogP contribution in [0.3, 0.4) is 0 Å². The summed E-state index contributed by atoms with van der Waals surface area (Å²) in [6.45, 7) is 2.11. The van der Waals surface area contributed by atoms with Gasteiger partial charge in [-0.25, -0.2) is 13.6 Å². The Hall–Kier alpha value is -2.15. The van der Waals surface area contributed by atoms with Crippen molar-refractivity contribution in [3.63, 3.8) is 0 Å². The van der Waals surface area contributed by atoms with Crippen molar-refractivity contribution in [1.82, 2.24) is 4.98 Å². The molecule has 1 aliphatic heterocycles. The lowest BCUT2D eigenvalue weighted by Gasteiger charge is -2.43. The van der Waals surface area contributed by atoms with Gasteiger partial charge in [0.05, 0.1) is 4.90 Å². The second kappa shape index (κ2) is 8.32. The van der Waals surface area contributed by atoms with Gasteiger partial charge in [-0.1, -0.05) is 68.3 Å². The van der Waals surface area contributed by atoms with Crippen LogP contribution in [0.4, 0.5) is 0 Å². The van der Waals surface area contributed by atoms with Crippen LogP contribution in [0.2, 0.25) is 0 Å². The maximum Gasteiger partial charge on any atom is 0.238 e. The van der Waals surface area contributed by atoms with Gasteiger partial charge < -0.3 is 0 Å². The lowest BCUT2D eigenvalue weighted by molar-refractivity contribution is 0.334. The Morgan fingerprint density at radius 1 is 1.03 bits per heavy atom. The van der Waals surface area contributed by atoms with Gasteiger partial charge in [0.1, 0.15) is 0 Å². The molecule has 2 N–H and O–H groups in total. The molecule has 3 aromatic rings. The Labute approximate surface area is 194 Å². The van der Waals surface area contributed by atoms with E-state index < -0.39 is 10.0 Å². The van der Waals surface area contributed by atoms with E-state index in [1.165, 1.54) is 35.3 Å². The highest BCUT2D eigenvalue weighted by Gasteiger charge is 2.42. The molecule has 0 saturated heterocycles. The van der Waals surface area contributed by atoms with Gasteiger partial charge in [-0.3, -0.25) is 4.98 Å². The summed E-state index contributed by atoms with van der Waals surface area (Å²) in [5.74, 6) is 0.132. The summed E-state index contributed by atoms with van der Waals surface area (Å²) < 4.78 is 25.3. The molecule has 0 bridgehead atoms. The molecule has 1 aromatic heterocycles. The molecule has 4 nitrogen and oxygen atoms in total. The monoisotopic (exact) mass is 464 g/mol. The van der Waals surface area contributed by atoms with Crippen molar-refractivity contribution in [2.24, 2.45) is 5.14 Å². The Morgan fingerprint density at radius 2 is 1.81 bits per heavy atom. The smallest absolute Gasteiger partial charge is 0.238 e. The van der Waals surface area contributed by atoms with E-state index in [9.17, 15) is 8.42 Å². The number of hydrogen-bond acceptors (Lipinski definition) is 4. The van der Waals surface area contributed by atoms with Gasteiger partial charge in [-0.05, 0) is 65.6 Å². The Balaban J connectivity index is 1.67. The van der Waals surface area contributed by atoms with Crippen molar-refractivity contribution in [1.29, 1.82) is 0 Å². The number of nitrogens with two attached hydrogens (primary N) is 1. The molecule has 32 heavy (non-hydrogen) atoms. The third-order valence-corrected chi connectivity index (χ3v) is 9.22. The maximum absolute atomic E-state index is 12.6. The van der Waals surface area contributed by atoms with Crippen LogP contribution >= 0.6 is 11.8 Å².